The molecule has 1 amide bonds. The van der Waals surface area contributed by atoms with Crippen molar-refractivity contribution in [2.45, 2.75) is 31.8 Å². The van der Waals surface area contributed by atoms with Crippen LogP contribution in [0.25, 0.3) is 10.6 Å². The van der Waals surface area contributed by atoms with Crippen LogP contribution in [0, 0.1) is 0 Å². The summed E-state index contributed by atoms with van der Waals surface area (Å²) < 4.78 is 0. The number of rotatable bonds is 3. The van der Waals surface area contributed by atoms with E-state index in [4.69, 9.17) is 0 Å². The minimum atomic E-state index is -0.0943. The van der Waals surface area contributed by atoms with E-state index in [0.29, 0.717) is 11.7 Å². The third-order valence-corrected chi connectivity index (χ3v) is 4.46. The van der Waals surface area contributed by atoms with Crippen molar-refractivity contribution >= 4 is 17.2 Å². The Bertz CT molecular complexity index is 578. The highest BCUT2D eigenvalue weighted by Crippen LogP contribution is 2.23. The smallest absolute Gasteiger partial charge is 0.272 e. The van der Waals surface area contributed by atoms with Crippen LogP contribution in [0.5, 0.6) is 0 Å². The van der Waals surface area contributed by atoms with Crippen molar-refractivity contribution < 1.29 is 4.79 Å². The fourth-order valence-electron chi connectivity index (χ4n) is 2.52. The molecule has 2 unspecified atom stereocenters. The van der Waals surface area contributed by atoms with Crippen LogP contribution in [0.1, 0.15) is 30.3 Å². The predicted molar refractivity (Wildman–Crippen MR) is 79.9 cm³/mol. The fourth-order valence-corrected chi connectivity index (χ4v) is 3.21. The highest BCUT2D eigenvalue weighted by Gasteiger charge is 2.21. The van der Waals surface area contributed by atoms with E-state index < -0.39 is 0 Å². The molecule has 3 N–H and O–H groups in total. The topological polar surface area (TPSA) is 69.8 Å². The average molecular weight is 290 g/mol. The number of hydrogen-bond acceptors (Lipinski definition) is 4. The van der Waals surface area contributed by atoms with Crippen molar-refractivity contribution in [1.29, 1.82) is 0 Å². The maximum atomic E-state index is 12.2. The van der Waals surface area contributed by atoms with Gasteiger partial charge in [0.05, 0.1) is 10.6 Å². The Morgan fingerprint density at radius 3 is 3.20 bits per heavy atom. The average Bonchev–Trinajstić information content (AvgIpc) is 3.10. The van der Waals surface area contributed by atoms with Crippen LogP contribution < -0.4 is 10.6 Å². The van der Waals surface area contributed by atoms with Gasteiger partial charge in [0.2, 0.25) is 0 Å². The van der Waals surface area contributed by atoms with Crippen molar-refractivity contribution in [2.75, 3.05) is 6.54 Å². The van der Waals surface area contributed by atoms with Gasteiger partial charge in [-0.05, 0) is 43.8 Å². The van der Waals surface area contributed by atoms with E-state index in [1.165, 1.54) is 0 Å². The molecule has 0 aliphatic carbocycles. The van der Waals surface area contributed by atoms with Gasteiger partial charge >= 0.3 is 0 Å². The number of carbonyl (C=O) groups excluding carboxylic acids is 1. The van der Waals surface area contributed by atoms with Crippen molar-refractivity contribution in [3.8, 4) is 10.6 Å². The fraction of sp³-hybridized carbons (Fsp3) is 0.429. The molecule has 0 spiro atoms. The van der Waals surface area contributed by atoms with Gasteiger partial charge < -0.3 is 10.6 Å². The normalized spacial score (nSPS) is 22.6. The van der Waals surface area contributed by atoms with Gasteiger partial charge in [-0.2, -0.15) is 5.10 Å². The zero-order valence-corrected chi connectivity index (χ0v) is 12.2. The first-order valence-electron chi connectivity index (χ1n) is 6.86. The van der Waals surface area contributed by atoms with Crippen LogP contribution in [-0.2, 0) is 0 Å². The molecule has 0 radical (unpaired) electrons. The molecule has 3 rings (SSSR count). The summed E-state index contributed by atoms with van der Waals surface area (Å²) in [5.74, 6) is -0.0943. The molecule has 20 heavy (non-hydrogen) atoms. The summed E-state index contributed by atoms with van der Waals surface area (Å²) in [5.41, 5.74) is 1.35. The molecular weight excluding hydrogens is 272 g/mol. The lowest BCUT2D eigenvalue weighted by molar-refractivity contribution is 0.0920. The minimum Gasteiger partial charge on any atom is -0.348 e. The molecule has 2 atom stereocenters. The van der Waals surface area contributed by atoms with Crippen LogP contribution >= 0.6 is 11.3 Å². The van der Waals surface area contributed by atoms with Gasteiger partial charge in [0.25, 0.3) is 5.91 Å². The van der Waals surface area contributed by atoms with E-state index in [2.05, 4.69) is 27.8 Å². The van der Waals surface area contributed by atoms with Crippen LogP contribution in [-0.4, -0.2) is 34.7 Å². The summed E-state index contributed by atoms with van der Waals surface area (Å²) in [4.78, 5) is 13.3. The zero-order valence-electron chi connectivity index (χ0n) is 11.3. The van der Waals surface area contributed by atoms with Crippen LogP contribution in [0.2, 0.25) is 0 Å². The second-order valence-electron chi connectivity index (χ2n) is 5.19. The Morgan fingerprint density at radius 2 is 2.45 bits per heavy atom. The van der Waals surface area contributed by atoms with E-state index in [0.717, 1.165) is 30.0 Å². The lowest BCUT2D eigenvalue weighted by Gasteiger charge is -2.28. The van der Waals surface area contributed by atoms with E-state index >= 15 is 0 Å². The third kappa shape index (κ3) is 2.91. The lowest BCUT2D eigenvalue weighted by atomic mass is 10.0. The van der Waals surface area contributed by atoms with Crippen molar-refractivity contribution in [3.05, 3.63) is 29.3 Å². The quantitative estimate of drug-likeness (QED) is 0.810. The maximum absolute atomic E-state index is 12.2. The zero-order chi connectivity index (χ0) is 13.9. The number of carbonyl (C=O) groups is 1. The number of nitrogens with zero attached hydrogens (tertiary/aromatic N) is 1. The first kappa shape index (κ1) is 13.3. The summed E-state index contributed by atoms with van der Waals surface area (Å²) in [6, 6.07) is 6.49. The predicted octanol–water partition coefficient (Wildman–Crippen LogP) is 2.01. The number of piperidine rings is 1. The lowest BCUT2D eigenvalue weighted by Crippen LogP contribution is -2.46. The Labute approximate surface area is 121 Å². The van der Waals surface area contributed by atoms with Gasteiger partial charge in [0.15, 0.2) is 5.69 Å². The van der Waals surface area contributed by atoms with Gasteiger partial charge in [0.1, 0.15) is 0 Å². The van der Waals surface area contributed by atoms with Gasteiger partial charge in [-0.15, -0.1) is 11.3 Å². The van der Waals surface area contributed by atoms with Crippen LogP contribution in [0.15, 0.2) is 23.6 Å². The molecule has 3 heterocycles. The molecule has 6 heteroatoms. The van der Waals surface area contributed by atoms with Crippen LogP contribution in [0.3, 0.4) is 0 Å². The molecule has 1 fully saturated rings. The second-order valence-corrected chi connectivity index (χ2v) is 6.14. The summed E-state index contributed by atoms with van der Waals surface area (Å²) in [7, 11) is 0. The Morgan fingerprint density at radius 1 is 1.55 bits per heavy atom. The Kier molecular flexibility index (Phi) is 3.84. The van der Waals surface area contributed by atoms with Crippen molar-refractivity contribution in [1.82, 2.24) is 20.8 Å². The maximum Gasteiger partial charge on any atom is 0.272 e. The van der Waals surface area contributed by atoms with Gasteiger partial charge in [-0.1, -0.05) is 6.07 Å². The van der Waals surface area contributed by atoms with E-state index in [1.54, 1.807) is 11.3 Å². The highest BCUT2D eigenvalue weighted by atomic mass is 32.1. The molecule has 0 saturated carbocycles. The highest BCUT2D eigenvalue weighted by molar-refractivity contribution is 7.13. The Balaban J connectivity index is 1.65. The number of H-pyrrole nitrogens is 1. The molecule has 2 aromatic rings. The number of nitrogens with one attached hydrogen (secondary N) is 3. The minimum absolute atomic E-state index is 0.0943. The Hall–Kier alpha value is -1.66. The molecule has 0 bridgehead atoms. The van der Waals surface area contributed by atoms with Crippen LogP contribution in [0.4, 0.5) is 0 Å². The first-order valence-corrected chi connectivity index (χ1v) is 7.74. The van der Waals surface area contributed by atoms with Gasteiger partial charge in [0, 0.05) is 12.1 Å². The van der Waals surface area contributed by atoms with Crippen molar-refractivity contribution in [3.63, 3.8) is 0 Å². The van der Waals surface area contributed by atoms with E-state index in [-0.39, 0.29) is 11.9 Å². The molecule has 2 aromatic heterocycles. The van der Waals surface area contributed by atoms with E-state index in [1.807, 2.05) is 23.6 Å². The summed E-state index contributed by atoms with van der Waals surface area (Å²) in [5, 5.41) is 15.5. The van der Waals surface area contributed by atoms with Gasteiger partial charge in [-0.3, -0.25) is 9.89 Å². The number of hydrogen-bond donors (Lipinski definition) is 3. The molecule has 1 aliphatic rings. The summed E-state index contributed by atoms with van der Waals surface area (Å²) in [6.07, 6.45) is 1.94. The first-order chi connectivity index (χ1) is 9.72. The second kappa shape index (κ2) is 5.76. The summed E-state index contributed by atoms with van der Waals surface area (Å²) >= 11 is 1.63. The van der Waals surface area contributed by atoms with E-state index in [9.17, 15) is 4.79 Å². The molecular formula is C14H18N4OS. The molecule has 1 saturated heterocycles. The molecule has 106 valence electrons. The van der Waals surface area contributed by atoms with Crippen molar-refractivity contribution in [2.24, 2.45) is 0 Å². The monoisotopic (exact) mass is 290 g/mol. The number of aromatic amines is 1. The molecule has 1 aliphatic heterocycles. The van der Waals surface area contributed by atoms with Gasteiger partial charge in [-0.25, -0.2) is 0 Å². The number of amides is 1. The SMILES string of the molecule is CC1CC(NC(=O)c2cc(-c3cccs3)[nH]n2)CCN1. The third-order valence-electron chi connectivity index (χ3n) is 3.56. The largest absolute Gasteiger partial charge is 0.348 e. The molecule has 5 nitrogen and oxygen atoms in total. The number of aromatic nitrogens is 2. The number of thiophene rings is 1. The molecule has 0 aromatic carbocycles. The standard InChI is InChI=1S/C14H18N4OS/c1-9-7-10(4-5-15-9)16-14(19)12-8-11(17-18-12)13-3-2-6-20-13/h2-3,6,8-10,15H,4-5,7H2,1H3,(H,16,19)(H,17,18). The summed E-state index contributed by atoms with van der Waals surface area (Å²) in [6.45, 7) is 3.09.